The quantitative estimate of drug-likeness (QED) is 0.776. The number of hydrogen-bond acceptors (Lipinski definition) is 4. The maximum Gasteiger partial charge on any atom is 0.125 e. The van der Waals surface area contributed by atoms with Gasteiger partial charge in [-0.05, 0) is 37.3 Å². The molecule has 94 valence electrons. The number of aryl methyl sites for hydroxylation is 1. The number of nitrogens with zero attached hydrogens (tertiary/aromatic N) is 3. The molecule has 3 aromatic rings. The highest BCUT2D eigenvalue weighted by atomic mass is 14.9. The maximum atomic E-state index is 4.36. The molecule has 0 amide bonds. The number of rotatable bonds is 3. The number of nitrogens with one attached hydrogen (secondary N) is 1. The van der Waals surface area contributed by atoms with Gasteiger partial charge in [-0.1, -0.05) is 6.07 Å². The van der Waals surface area contributed by atoms with Gasteiger partial charge in [0.05, 0.1) is 17.8 Å². The number of anilines is 1. The molecular weight excluding hydrogens is 236 g/mol. The van der Waals surface area contributed by atoms with E-state index in [1.807, 2.05) is 31.2 Å². The average Bonchev–Trinajstić information content (AvgIpc) is 2.45. The van der Waals surface area contributed by atoms with Crippen molar-refractivity contribution in [2.75, 3.05) is 5.32 Å². The van der Waals surface area contributed by atoms with Crippen LogP contribution in [0.4, 0.5) is 5.69 Å². The van der Waals surface area contributed by atoms with Crippen molar-refractivity contribution in [1.82, 2.24) is 15.0 Å². The molecule has 2 heterocycles. The van der Waals surface area contributed by atoms with E-state index >= 15 is 0 Å². The van der Waals surface area contributed by atoms with Crippen molar-refractivity contribution in [1.29, 1.82) is 0 Å². The molecule has 19 heavy (non-hydrogen) atoms. The SMILES string of the molecule is Cc1nccc(CNc2ccc3ncccc3c2)n1. The normalized spacial score (nSPS) is 10.6. The fourth-order valence-electron chi connectivity index (χ4n) is 1.98. The minimum absolute atomic E-state index is 0.690. The van der Waals surface area contributed by atoms with Crippen LogP contribution in [-0.2, 0) is 6.54 Å². The van der Waals surface area contributed by atoms with E-state index in [1.54, 1.807) is 12.4 Å². The zero-order chi connectivity index (χ0) is 13.1. The Kier molecular flexibility index (Phi) is 3.06. The summed E-state index contributed by atoms with van der Waals surface area (Å²) in [6, 6.07) is 12.1. The Morgan fingerprint density at radius 3 is 2.89 bits per heavy atom. The Morgan fingerprint density at radius 1 is 1.05 bits per heavy atom. The third-order valence-corrected chi connectivity index (χ3v) is 2.91. The van der Waals surface area contributed by atoms with E-state index in [-0.39, 0.29) is 0 Å². The molecule has 0 fully saturated rings. The van der Waals surface area contributed by atoms with Crippen LogP contribution in [-0.4, -0.2) is 15.0 Å². The van der Waals surface area contributed by atoms with Gasteiger partial charge in [0.1, 0.15) is 5.82 Å². The Balaban J connectivity index is 1.78. The number of hydrogen-bond donors (Lipinski definition) is 1. The third-order valence-electron chi connectivity index (χ3n) is 2.91. The van der Waals surface area contributed by atoms with E-state index < -0.39 is 0 Å². The summed E-state index contributed by atoms with van der Waals surface area (Å²) in [7, 11) is 0. The topological polar surface area (TPSA) is 50.7 Å². The lowest BCUT2D eigenvalue weighted by Gasteiger charge is -2.07. The van der Waals surface area contributed by atoms with Gasteiger partial charge in [-0.25, -0.2) is 9.97 Å². The van der Waals surface area contributed by atoms with Crippen LogP contribution in [0.3, 0.4) is 0 Å². The molecule has 4 heteroatoms. The summed E-state index contributed by atoms with van der Waals surface area (Å²) in [6.07, 6.45) is 3.59. The first kappa shape index (κ1) is 11.6. The molecule has 1 N–H and O–H groups in total. The van der Waals surface area contributed by atoms with E-state index in [0.717, 1.165) is 28.1 Å². The minimum atomic E-state index is 0.690. The molecule has 0 aliphatic heterocycles. The molecule has 0 atom stereocenters. The summed E-state index contributed by atoms with van der Waals surface area (Å²) in [4.78, 5) is 12.8. The van der Waals surface area contributed by atoms with Gasteiger partial charge >= 0.3 is 0 Å². The van der Waals surface area contributed by atoms with Crippen molar-refractivity contribution in [3.63, 3.8) is 0 Å². The standard InChI is InChI=1S/C15H14N4/c1-11-16-8-6-14(19-11)10-18-13-4-5-15-12(9-13)3-2-7-17-15/h2-9,18H,10H2,1H3. The molecule has 3 rings (SSSR count). The second-order valence-electron chi connectivity index (χ2n) is 4.36. The first-order valence-corrected chi connectivity index (χ1v) is 6.18. The highest BCUT2D eigenvalue weighted by molar-refractivity contribution is 5.82. The number of pyridine rings is 1. The van der Waals surface area contributed by atoms with Gasteiger partial charge in [-0.15, -0.1) is 0 Å². The number of aromatic nitrogens is 3. The lowest BCUT2D eigenvalue weighted by Crippen LogP contribution is -2.03. The molecule has 0 aliphatic rings. The van der Waals surface area contributed by atoms with E-state index in [1.165, 1.54) is 0 Å². The van der Waals surface area contributed by atoms with E-state index in [9.17, 15) is 0 Å². The maximum absolute atomic E-state index is 4.36. The predicted octanol–water partition coefficient (Wildman–Crippen LogP) is 2.95. The zero-order valence-electron chi connectivity index (χ0n) is 10.7. The molecular formula is C15H14N4. The molecule has 0 radical (unpaired) electrons. The minimum Gasteiger partial charge on any atom is -0.379 e. The Morgan fingerprint density at radius 2 is 2.00 bits per heavy atom. The van der Waals surface area contributed by atoms with Gasteiger partial charge in [0, 0.05) is 23.5 Å². The van der Waals surface area contributed by atoms with Crippen LogP contribution >= 0.6 is 0 Å². The van der Waals surface area contributed by atoms with Crippen molar-refractivity contribution < 1.29 is 0 Å². The molecule has 0 saturated heterocycles. The second-order valence-corrected chi connectivity index (χ2v) is 4.36. The molecule has 2 aromatic heterocycles. The van der Waals surface area contributed by atoms with Crippen LogP contribution in [0.25, 0.3) is 10.9 Å². The van der Waals surface area contributed by atoms with Crippen molar-refractivity contribution in [2.24, 2.45) is 0 Å². The van der Waals surface area contributed by atoms with Crippen LogP contribution in [0.15, 0.2) is 48.8 Å². The lowest BCUT2D eigenvalue weighted by atomic mass is 10.2. The van der Waals surface area contributed by atoms with E-state index in [4.69, 9.17) is 0 Å². The summed E-state index contributed by atoms with van der Waals surface area (Å²) in [5.74, 6) is 0.794. The van der Waals surface area contributed by atoms with E-state index in [2.05, 4.69) is 32.4 Å². The summed E-state index contributed by atoms with van der Waals surface area (Å²) < 4.78 is 0. The fourth-order valence-corrected chi connectivity index (χ4v) is 1.98. The van der Waals surface area contributed by atoms with Gasteiger partial charge in [0.2, 0.25) is 0 Å². The van der Waals surface area contributed by atoms with Crippen LogP contribution in [0.1, 0.15) is 11.5 Å². The Labute approximate surface area is 111 Å². The van der Waals surface area contributed by atoms with Crippen LogP contribution in [0.5, 0.6) is 0 Å². The number of fused-ring (bicyclic) bond motifs is 1. The highest BCUT2D eigenvalue weighted by Crippen LogP contribution is 2.17. The molecule has 0 unspecified atom stereocenters. The average molecular weight is 250 g/mol. The molecule has 0 bridgehead atoms. The van der Waals surface area contributed by atoms with Crippen molar-refractivity contribution >= 4 is 16.6 Å². The third kappa shape index (κ3) is 2.68. The highest BCUT2D eigenvalue weighted by Gasteiger charge is 1.98. The van der Waals surface area contributed by atoms with Crippen molar-refractivity contribution in [3.05, 3.63) is 60.3 Å². The van der Waals surface area contributed by atoms with Crippen LogP contribution < -0.4 is 5.32 Å². The van der Waals surface area contributed by atoms with Gasteiger partial charge in [-0.3, -0.25) is 4.98 Å². The summed E-state index contributed by atoms with van der Waals surface area (Å²) in [5, 5.41) is 4.49. The number of benzene rings is 1. The largest absolute Gasteiger partial charge is 0.379 e. The second kappa shape index (κ2) is 5.02. The smallest absolute Gasteiger partial charge is 0.125 e. The zero-order valence-corrected chi connectivity index (χ0v) is 10.7. The lowest BCUT2D eigenvalue weighted by molar-refractivity contribution is 0.955. The molecule has 0 aliphatic carbocycles. The molecule has 0 saturated carbocycles. The monoisotopic (exact) mass is 250 g/mol. The van der Waals surface area contributed by atoms with Crippen LogP contribution in [0.2, 0.25) is 0 Å². The van der Waals surface area contributed by atoms with Gasteiger partial charge < -0.3 is 5.32 Å². The fraction of sp³-hybridized carbons (Fsp3) is 0.133. The van der Waals surface area contributed by atoms with Gasteiger partial charge in [0.15, 0.2) is 0 Å². The summed E-state index contributed by atoms with van der Waals surface area (Å²) in [6.45, 7) is 2.58. The van der Waals surface area contributed by atoms with E-state index in [0.29, 0.717) is 6.54 Å². The first-order chi connectivity index (χ1) is 9.31. The summed E-state index contributed by atoms with van der Waals surface area (Å²) in [5.41, 5.74) is 3.06. The molecule has 0 spiro atoms. The van der Waals surface area contributed by atoms with Gasteiger partial charge in [-0.2, -0.15) is 0 Å². The molecule has 1 aromatic carbocycles. The van der Waals surface area contributed by atoms with Crippen molar-refractivity contribution in [3.8, 4) is 0 Å². The predicted molar refractivity (Wildman–Crippen MR) is 75.8 cm³/mol. The van der Waals surface area contributed by atoms with Gasteiger partial charge in [0.25, 0.3) is 0 Å². The Hall–Kier alpha value is -2.49. The Bertz CT molecular complexity index is 709. The van der Waals surface area contributed by atoms with Crippen LogP contribution in [0, 0.1) is 6.92 Å². The van der Waals surface area contributed by atoms with Crippen molar-refractivity contribution in [2.45, 2.75) is 13.5 Å². The molecule has 4 nitrogen and oxygen atoms in total. The first-order valence-electron chi connectivity index (χ1n) is 6.18. The summed E-state index contributed by atoms with van der Waals surface area (Å²) >= 11 is 0.